The van der Waals surface area contributed by atoms with Crippen LogP contribution in [-0.2, 0) is 4.74 Å². The van der Waals surface area contributed by atoms with Crippen LogP contribution in [0.4, 0.5) is 20.4 Å². The molecule has 1 aliphatic heterocycles. The summed E-state index contributed by atoms with van der Waals surface area (Å²) in [6.07, 6.45) is 9.57. The van der Waals surface area contributed by atoms with E-state index in [9.17, 15) is 18.4 Å². The second kappa shape index (κ2) is 21.7. The van der Waals surface area contributed by atoms with Gasteiger partial charge in [0.15, 0.2) is 11.6 Å². The Hall–Kier alpha value is -6.13. The van der Waals surface area contributed by atoms with E-state index in [1.54, 1.807) is 37.2 Å². The summed E-state index contributed by atoms with van der Waals surface area (Å²) in [6, 6.07) is 25.5. The Morgan fingerprint density at radius 3 is 1.80 bits per heavy atom. The number of para-hydroxylation sites is 2. The molecular weight excluding hydrogens is 1230 g/mol. The Balaban J connectivity index is 0.000000165. The fraction of sp³-hybridized carbons (Fsp3) is 0.191. The van der Waals surface area contributed by atoms with Crippen LogP contribution in [0, 0.1) is 11.6 Å². The summed E-state index contributed by atoms with van der Waals surface area (Å²) in [7, 11) is 0. The molecule has 1 saturated heterocycles. The van der Waals surface area contributed by atoms with Crippen LogP contribution in [-0.4, -0.2) is 65.6 Å². The van der Waals surface area contributed by atoms with E-state index in [2.05, 4.69) is 88.2 Å². The van der Waals surface area contributed by atoms with Crippen LogP contribution in [0.5, 0.6) is 0 Å². The first-order valence-electron chi connectivity index (χ1n) is 21.5. The number of hydrogen-bond acceptors (Lipinski definition) is 13. The maximum atomic E-state index is 14.0. The van der Waals surface area contributed by atoms with Crippen LogP contribution in [0.15, 0.2) is 132 Å². The molecule has 3 atom stereocenters. The first-order valence-corrected chi connectivity index (χ1v) is 34.1. The molecule has 7 heterocycles. The number of halogens is 5. The van der Waals surface area contributed by atoms with Gasteiger partial charge in [-0.1, -0.05) is 36.4 Å². The molecule has 0 radical (unpaired) electrons. The van der Waals surface area contributed by atoms with Gasteiger partial charge in [0.25, 0.3) is 11.1 Å². The molecule has 4 aromatic carbocycles. The summed E-state index contributed by atoms with van der Waals surface area (Å²) in [4.78, 5) is 48.1. The van der Waals surface area contributed by atoms with Gasteiger partial charge in [-0.15, -0.1) is 10.2 Å². The second-order valence-electron chi connectivity index (χ2n) is 15.8. The molecular formula is C47H40F2I3N14O3-. The summed E-state index contributed by atoms with van der Waals surface area (Å²) >= 11 is 5.30. The summed E-state index contributed by atoms with van der Waals surface area (Å²) in [5, 5.41) is 23.6. The molecule has 0 bridgehead atoms. The number of imidazole rings is 2. The van der Waals surface area contributed by atoms with E-state index in [1.807, 2.05) is 66.9 Å². The van der Waals surface area contributed by atoms with Crippen molar-refractivity contribution in [2.75, 3.05) is 17.2 Å². The molecule has 0 saturated carbocycles. The van der Waals surface area contributed by atoms with Crippen LogP contribution in [0.2, 0.25) is 0 Å². The van der Waals surface area contributed by atoms with Gasteiger partial charge in [0.05, 0.1) is 81.3 Å². The fourth-order valence-electron chi connectivity index (χ4n) is 8.14. The summed E-state index contributed by atoms with van der Waals surface area (Å²) in [5.74, 6) is 0.885. The maximum absolute atomic E-state index is 14.0. The third-order valence-electron chi connectivity index (χ3n) is 11.3. The Kier molecular flexibility index (Phi) is 15.0. The number of ether oxygens (including phenoxy) is 1. The normalized spacial score (nSPS) is 14.5. The Morgan fingerprint density at radius 1 is 0.725 bits per heavy atom. The molecule has 6 aromatic heterocycles. The van der Waals surface area contributed by atoms with E-state index < -0.39 is 23.7 Å². The van der Waals surface area contributed by atoms with E-state index in [0.717, 1.165) is 36.9 Å². The van der Waals surface area contributed by atoms with Crippen LogP contribution in [0.25, 0.3) is 55.2 Å². The van der Waals surface area contributed by atoms with Gasteiger partial charge in [-0.2, -0.15) is 10.2 Å². The molecule has 1 fully saturated rings. The zero-order valence-electron chi connectivity index (χ0n) is 36.6. The molecule has 1 unspecified atom stereocenters. The van der Waals surface area contributed by atoms with Gasteiger partial charge in [0, 0.05) is 6.61 Å². The van der Waals surface area contributed by atoms with Crippen molar-refractivity contribution in [3.8, 4) is 11.4 Å². The second-order valence-corrected chi connectivity index (χ2v) is 32.0. The van der Waals surface area contributed by atoms with Crippen LogP contribution >= 0.6 is 37.2 Å². The number of H-pyrrole nitrogens is 1. The predicted octanol–water partition coefficient (Wildman–Crippen LogP) is 6.68. The molecule has 69 heavy (non-hydrogen) atoms. The summed E-state index contributed by atoms with van der Waals surface area (Å²) in [5.41, 5.74) is 4.24. The number of aromatic amines is 1. The molecule has 3 N–H and O–H groups in total. The summed E-state index contributed by atoms with van der Waals surface area (Å²) < 4.78 is 38.7. The standard InChI is InChI=1S/C26H24FN7O2.C21H16FN7O.I3/c1-16(30-24-23-21(14-29-32-24)33(15-28-23)22-9-5-6-12-36-22)25-31-20-11-10-17(27)13-19(20)26(35)34(25)18-7-3-2-4-8-18;1-12(26-19-18-17(10-25-28-19)23-11-24-18)20-27-16-8-7-13(22)9-15(16)21(30)29(20)14-5-3-2-4-6-14;1-3-2/h2-4,7-8,10-11,13-16,22H,5-6,9,12H2,1H3,(H,30,32);2-12H,1H3,(H,23,24)(H,26,28);/q;;-1/t16-,22?;12-;/m00./s1. The number of anilines is 2. The minimum absolute atomic E-state index is 0.0796. The number of nitrogens with one attached hydrogen (secondary N) is 3. The molecule has 11 rings (SSSR count). The van der Waals surface area contributed by atoms with Gasteiger partial charge in [-0.05, 0) is 93.8 Å². The number of benzene rings is 4. The zero-order chi connectivity index (χ0) is 48.0. The predicted molar refractivity (Wildman–Crippen MR) is 273 cm³/mol. The van der Waals surface area contributed by atoms with E-state index >= 15 is 0 Å². The van der Waals surface area contributed by atoms with Crippen molar-refractivity contribution < 1.29 is 26.8 Å². The van der Waals surface area contributed by atoms with Crippen molar-refractivity contribution >= 4 is 92.7 Å². The van der Waals surface area contributed by atoms with Gasteiger partial charge in [-0.25, -0.2) is 28.7 Å². The average molecular weight is 1270 g/mol. The van der Waals surface area contributed by atoms with Crippen molar-refractivity contribution in [2.24, 2.45) is 0 Å². The third-order valence-corrected chi connectivity index (χ3v) is 11.3. The van der Waals surface area contributed by atoms with Crippen molar-refractivity contribution in [3.05, 3.63) is 166 Å². The first-order chi connectivity index (χ1) is 33.6. The molecule has 17 nitrogen and oxygen atoms in total. The van der Waals surface area contributed by atoms with Gasteiger partial charge in [-0.3, -0.25) is 18.7 Å². The molecule has 352 valence electrons. The number of nitrogens with zero attached hydrogens (tertiary/aromatic N) is 11. The molecule has 1 aliphatic rings. The number of hydrogen-bond donors (Lipinski definition) is 3. The monoisotopic (exact) mass is 1270 g/mol. The van der Waals surface area contributed by atoms with E-state index in [0.29, 0.717) is 70.0 Å². The SMILES string of the molecule is C[C@H](Nc1nncc2[nH]cnc12)c1nc2ccc(F)cc2c(=O)n1-c1ccccc1.C[C@H](Nc1nncc2c1ncn2C1CCCCO1)c1nc2ccc(F)cc2c(=O)n1-c1ccccc1.I[I-]I. The van der Waals surface area contributed by atoms with Gasteiger partial charge < -0.3 is 24.9 Å². The minimum atomic E-state index is -0.487. The van der Waals surface area contributed by atoms with Crippen molar-refractivity contribution in [3.63, 3.8) is 0 Å². The van der Waals surface area contributed by atoms with Gasteiger partial charge >= 0.3 is 50.5 Å². The van der Waals surface area contributed by atoms with Crippen LogP contribution in [0.3, 0.4) is 0 Å². The molecule has 0 aliphatic carbocycles. The number of aromatic nitrogens is 12. The van der Waals surface area contributed by atoms with E-state index in [1.165, 1.54) is 45.5 Å². The Morgan fingerprint density at radius 2 is 1.26 bits per heavy atom. The quantitative estimate of drug-likeness (QED) is 0.130. The molecule has 10 aromatic rings. The molecule has 0 spiro atoms. The first kappa shape index (κ1) is 47.9. The third kappa shape index (κ3) is 10.3. The number of rotatable bonds is 9. The topological polar surface area (TPSA) is 201 Å². The van der Waals surface area contributed by atoms with Gasteiger partial charge in [0.2, 0.25) is 0 Å². The van der Waals surface area contributed by atoms with Crippen LogP contribution in [0.1, 0.15) is 63.1 Å². The summed E-state index contributed by atoms with van der Waals surface area (Å²) in [6.45, 7) is 4.47. The molecule has 0 amide bonds. The van der Waals surface area contributed by atoms with Crippen molar-refractivity contribution in [1.29, 1.82) is 0 Å². The van der Waals surface area contributed by atoms with Crippen molar-refractivity contribution in [2.45, 2.75) is 51.4 Å². The number of fused-ring (bicyclic) bond motifs is 4. The Bertz CT molecular complexity index is 3540. The average Bonchev–Trinajstić information content (AvgIpc) is 4.05. The van der Waals surface area contributed by atoms with E-state index in [-0.39, 0.29) is 28.1 Å². The van der Waals surface area contributed by atoms with E-state index in [4.69, 9.17) is 9.72 Å². The van der Waals surface area contributed by atoms with Gasteiger partial charge in [0.1, 0.15) is 40.5 Å². The zero-order valence-corrected chi connectivity index (χ0v) is 43.1. The fourth-order valence-corrected chi connectivity index (χ4v) is 8.14. The van der Waals surface area contributed by atoms with Crippen molar-refractivity contribution in [1.82, 2.24) is 59.0 Å². The molecule has 22 heteroatoms. The van der Waals surface area contributed by atoms with Crippen LogP contribution < -0.4 is 35.0 Å². The Labute approximate surface area is 421 Å².